The highest BCUT2D eigenvalue weighted by Gasteiger charge is 2.10. The van der Waals surface area contributed by atoms with Crippen molar-refractivity contribution < 1.29 is 9.90 Å². The predicted octanol–water partition coefficient (Wildman–Crippen LogP) is -0.895. The van der Waals surface area contributed by atoms with E-state index in [-0.39, 0.29) is 6.54 Å². The van der Waals surface area contributed by atoms with Crippen molar-refractivity contribution >= 4 is 22.4 Å². The maximum Gasteiger partial charge on any atom is 0.248 e. The summed E-state index contributed by atoms with van der Waals surface area (Å²) in [5.41, 5.74) is 4.84. The number of nitrogens with zero attached hydrogens (tertiary/aromatic N) is 2. The van der Waals surface area contributed by atoms with Crippen LogP contribution >= 0.6 is 11.3 Å². The largest absolute Gasteiger partial charge is 0.381 e. The zero-order valence-corrected chi connectivity index (χ0v) is 7.84. The number of rotatable bonds is 4. The molecule has 1 unspecified atom stereocenters. The van der Waals surface area contributed by atoms with Crippen LogP contribution in [0.4, 0.5) is 5.13 Å². The summed E-state index contributed by atoms with van der Waals surface area (Å²) in [6, 6.07) is 0. The van der Waals surface area contributed by atoms with Gasteiger partial charge in [-0.15, -0.1) is 10.2 Å². The molecule has 0 aliphatic rings. The van der Waals surface area contributed by atoms with Gasteiger partial charge in [0.15, 0.2) is 0 Å². The van der Waals surface area contributed by atoms with E-state index in [1.807, 2.05) is 6.92 Å². The zero-order chi connectivity index (χ0) is 9.84. The van der Waals surface area contributed by atoms with Crippen LogP contribution in [-0.4, -0.2) is 33.9 Å². The molecule has 1 aromatic heterocycles. The van der Waals surface area contributed by atoms with Crippen LogP contribution in [0.1, 0.15) is 5.01 Å². The number of aryl methyl sites for hydroxylation is 1. The number of anilines is 1. The van der Waals surface area contributed by atoms with Crippen LogP contribution < -0.4 is 11.1 Å². The minimum atomic E-state index is -1.19. The third kappa shape index (κ3) is 2.96. The molecule has 0 radical (unpaired) electrons. The molecule has 1 aromatic rings. The molecule has 1 atom stereocenters. The Bertz CT molecular complexity index is 301. The molecular formula is C6H10N4O2S. The molecule has 1 heterocycles. The first-order chi connectivity index (χ1) is 6.09. The topological polar surface area (TPSA) is 101 Å². The number of nitrogens with one attached hydrogen (secondary N) is 1. The van der Waals surface area contributed by atoms with Gasteiger partial charge in [0, 0.05) is 0 Å². The summed E-state index contributed by atoms with van der Waals surface area (Å²) >= 11 is 1.34. The molecule has 0 fully saturated rings. The number of amides is 1. The standard InChI is InChI=1S/C6H10N4O2S/c1-3-9-10-6(13-3)8-2-4(11)5(7)12/h4,11H,2H2,1H3,(H2,7,12)(H,8,10). The van der Waals surface area contributed by atoms with Crippen LogP contribution in [0.5, 0.6) is 0 Å². The Morgan fingerprint density at radius 2 is 2.46 bits per heavy atom. The summed E-state index contributed by atoms with van der Waals surface area (Å²) < 4.78 is 0. The van der Waals surface area contributed by atoms with E-state index in [9.17, 15) is 4.79 Å². The fourth-order valence-electron chi connectivity index (χ4n) is 0.653. The van der Waals surface area contributed by atoms with E-state index in [1.54, 1.807) is 0 Å². The van der Waals surface area contributed by atoms with E-state index in [4.69, 9.17) is 10.8 Å². The Morgan fingerprint density at radius 3 is 2.92 bits per heavy atom. The van der Waals surface area contributed by atoms with Crippen molar-refractivity contribution in [3.05, 3.63) is 5.01 Å². The first-order valence-electron chi connectivity index (χ1n) is 3.61. The molecule has 1 rings (SSSR count). The first-order valence-corrected chi connectivity index (χ1v) is 4.42. The SMILES string of the molecule is Cc1nnc(NCC(O)C(N)=O)s1. The smallest absolute Gasteiger partial charge is 0.248 e. The van der Waals surface area contributed by atoms with Crippen LogP contribution in [-0.2, 0) is 4.79 Å². The van der Waals surface area contributed by atoms with Crippen molar-refractivity contribution in [1.29, 1.82) is 0 Å². The Balaban J connectivity index is 2.39. The van der Waals surface area contributed by atoms with Gasteiger partial charge in [0.2, 0.25) is 11.0 Å². The van der Waals surface area contributed by atoms with Crippen LogP contribution in [0.3, 0.4) is 0 Å². The van der Waals surface area contributed by atoms with Crippen molar-refractivity contribution in [2.24, 2.45) is 5.73 Å². The normalized spacial score (nSPS) is 12.5. The van der Waals surface area contributed by atoms with Gasteiger partial charge in [-0.1, -0.05) is 11.3 Å². The summed E-state index contributed by atoms with van der Waals surface area (Å²) in [6.07, 6.45) is -1.19. The maximum absolute atomic E-state index is 10.4. The van der Waals surface area contributed by atoms with Crippen molar-refractivity contribution in [3.63, 3.8) is 0 Å². The molecule has 4 N–H and O–H groups in total. The summed E-state index contributed by atoms with van der Waals surface area (Å²) in [5, 5.41) is 20.6. The third-order valence-corrected chi connectivity index (χ3v) is 2.10. The van der Waals surface area contributed by atoms with E-state index in [2.05, 4.69) is 15.5 Å². The molecule has 0 aliphatic heterocycles. The van der Waals surface area contributed by atoms with Gasteiger partial charge in [-0.3, -0.25) is 4.79 Å². The number of aliphatic hydroxyl groups excluding tert-OH is 1. The average Bonchev–Trinajstić information content (AvgIpc) is 2.47. The summed E-state index contributed by atoms with van der Waals surface area (Å²) in [6.45, 7) is 1.87. The maximum atomic E-state index is 10.4. The van der Waals surface area contributed by atoms with Crippen molar-refractivity contribution in [2.45, 2.75) is 13.0 Å². The van der Waals surface area contributed by atoms with E-state index >= 15 is 0 Å². The van der Waals surface area contributed by atoms with Gasteiger partial charge in [0.25, 0.3) is 0 Å². The predicted molar refractivity (Wildman–Crippen MR) is 48.3 cm³/mol. The number of primary amides is 1. The van der Waals surface area contributed by atoms with Gasteiger partial charge in [-0.05, 0) is 6.92 Å². The summed E-state index contributed by atoms with van der Waals surface area (Å²) in [5.74, 6) is -0.756. The van der Waals surface area contributed by atoms with E-state index in [1.165, 1.54) is 11.3 Å². The number of hydrogen-bond acceptors (Lipinski definition) is 6. The number of aromatic nitrogens is 2. The zero-order valence-electron chi connectivity index (χ0n) is 7.02. The molecule has 1 amide bonds. The highest BCUT2D eigenvalue weighted by Crippen LogP contribution is 2.12. The highest BCUT2D eigenvalue weighted by atomic mass is 32.1. The molecule has 72 valence electrons. The first kappa shape index (κ1) is 9.87. The van der Waals surface area contributed by atoms with Crippen LogP contribution in [0.25, 0.3) is 0 Å². The van der Waals surface area contributed by atoms with Gasteiger partial charge in [-0.2, -0.15) is 0 Å². The van der Waals surface area contributed by atoms with Crippen LogP contribution in [0, 0.1) is 6.92 Å². The molecule has 0 aromatic carbocycles. The number of hydrogen-bond donors (Lipinski definition) is 3. The van der Waals surface area contributed by atoms with Gasteiger partial charge in [0.05, 0.1) is 6.54 Å². The molecule has 7 heteroatoms. The van der Waals surface area contributed by atoms with Gasteiger partial charge in [0.1, 0.15) is 11.1 Å². The highest BCUT2D eigenvalue weighted by molar-refractivity contribution is 7.15. The van der Waals surface area contributed by atoms with E-state index < -0.39 is 12.0 Å². The molecular weight excluding hydrogens is 192 g/mol. The molecule has 0 saturated heterocycles. The minimum Gasteiger partial charge on any atom is -0.381 e. The van der Waals surface area contributed by atoms with Crippen molar-refractivity contribution in [2.75, 3.05) is 11.9 Å². The fraction of sp³-hybridized carbons (Fsp3) is 0.500. The molecule has 0 spiro atoms. The minimum absolute atomic E-state index is 0.0595. The van der Waals surface area contributed by atoms with Gasteiger partial charge in [-0.25, -0.2) is 0 Å². The van der Waals surface area contributed by atoms with Gasteiger partial charge < -0.3 is 16.2 Å². The average molecular weight is 202 g/mol. The lowest BCUT2D eigenvalue weighted by Gasteiger charge is -2.05. The molecule has 13 heavy (non-hydrogen) atoms. The second kappa shape index (κ2) is 4.15. The Labute approximate surface area is 78.8 Å². The van der Waals surface area contributed by atoms with E-state index in [0.717, 1.165) is 5.01 Å². The number of carbonyl (C=O) groups excluding carboxylic acids is 1. The molecule has 0 aliphatic carbocycles. The quantitative estimate of drug-likeness (QED) is 0.587. The fourth-order valence-corrected chi connectivity index (χ4v) is 1.25. The number of nitrogens with two attached hydrogens (primary N) is 1. The van der Waals surface area contributed by atoms with Gasteiger partial charge >= 0.3 is 0 Å². The summed E-state index contributed by atoms with van der Waals surface area (Å²) in [7, 11) is 0. The van der Waals surface area contributed by atoms with Crippen molar-refractivity contribution in [1.82, 2.24) is 10.2 Å². The van der Waals surface area contributed by atoms with Crippen LogP contribution in [0.2, 0.25) is 0 Å². The lowest BCUT2D eigenvalue weighted by Crippen LogP contribution is -2.34. The Hall–Kier alpha value is -1.21. The van der Waals surface area contributed by atoms with Crippen LogP contribution in [0.15, 0.2) is 0 Å². The number of aliphatic hydroxyl groups is 1. The van der Waals surface area contributed by atoms with E-state index in [0.29, 0.717) is 5.13 Å². The van der Waals surface area contributed by atoms with Crippen molar-refractivity contribution in [3.8, 4) is 0 Å². The third-order valence-electron chi connectivity index (χ3n) is 1.30. The lowest BCUT2D eigenvalue weighted by molar-refractivity contribution is -0.125. The number of carbonyl (C=O) groups is 1. The molecule has 0 bridgehead atoms. The monoisotopic (exact) mass is 202 g/mol. The molecule has 6 nitrogen and oxygen atoms in total. The summed E-state index contributed by atoms with van der Waals surface area (Å²) in [4.78, 5) is 10.4. The molecule has 0 saturated carbocycles. The lowest BCUT2D eigenvalue weighted by atomic mass is 10.3. The second-order valence-electron chi connectivity index (χ2n) is 2.43. The Kier molecular flexibility index (Phi) is 3.15. The second-order valence-corrected chi connectivity index (χ2v) is 3.61. The Morgan fingerprint density at radius 1 is 1.77 bits per heavy atom.